The number of hydrogen-bond donors (Lipinski definition) is 2. The first-order valence-electron chi connectivity index (χ1n) is 8.28. The van der Waals surface area contributed by atoms with Gasteiger partial charge in [0, 0.05) is 17.5 Å². The predicted molar refractivity (Wildman–Crippen MR) is 88.5 cm³/mol. The molecule has 3 rings (SSSR count). The van der Waals surface area contributed by atoms with Crippen molar-refractivity contribution >= 4 is 23.5 Å². The number of halogens is 1. The first-order chi connectivity index (χ1) is 11.0. The molecule has 0 saturated heterocycles. The summed E-state index contributed by atoms with van der Waals surface area (Å²) >= 11 is 5.99. The van der Waals surface area contributed by atoms with Gasteiger partial charge in [0.05, 0.1) is 5.41 Å². The van der Waals surface area contributed by atoms with Crippen LogP contribution >= 0.6 is 11.6 Å². The van der Waals surface area contributed by atoms with Crippen molar-refractivity contribution < 1.29 is 14.7 Å². The highest BCUT2D eigenvalue weighted by atomic mass is 35.5. The summed E-state index contributed by atoms with van der Waals surface area (Å²) in [5.74, 6) is -0.649. The molecule has 0 bridgehead atoms. The maximum Gasteiger partial charge on any atom is 0.311 e. The van der Waals surface area contributed by atoms with Crippen LogP contribution in [0.2, 0.25) is 5.02 Å². The van der Waals surface area contributed by atoms with Gasteiger partial charge in [0.2, 0.25) is 5.91 Å². The molecule has 1 aromatic carbocycles. The average Bonchev–Trinajstić information content (AvgIpc) is 3.34. The second-order valence-corrected chi connectivity index (χ2v) is 7.30. The third-order valence-electron chi connectivity index (χ3n) is 5.27. The van der Waals surface area contributed by atoms with Crippen LogP contribution in [0.25, 0.3) is 0 Å². The van der Waals surface area contributed by atoms with Crippen LogP contribution in [-0.2, 0) is 9.59 Å². The topological polar surface area (TPSA) is 66.4 Å². The van der Waals surface area contributed by atoms with E-state index >= 15 is 0 Å². The van der Waals surface area contributed by atoms with Gasteiger partial charge in [-0.05, 0) is 42.9 Å². The molecule has 1 amide bonds. The van der Waals surface area contributed by atoms with Crippen LogP contribution in [0.3, 0.4) is 0 Å². The molecule has 0 heterocycles. The van der Waals surface area contributed by atoms with Gasteiger partial charge in [-0.2, -0.15) is 0 Å². The van der Waals surface area contributed by atoms with Gasteiger partial charge in [-0.25, -0.2) is 0 Å². The number of aliphatic carboxylic acids is 1. The largest absolute Gasteiger partial charge is 0.481 e. The first-order valence-corrected chi connectivity index (χ1v) is 8.66. The lowest BCUT2D eigenvalue weighted by atomic mass is 9.74. The fourth-order valence-electron chi connectivity index (χ4n) is 3.67. The molecule has 2 aliphatic rings. The van der Waals surface area contributed by atoms with E-state index in [1.807, 2.05) is 24.3 Å². The molecule has 2 saturated carbocycles. The number of rotatable bonds is 5. The Balaban J connectivity index is 1.57. The number of nitrogens with one attached hydrogen (secondary N) is 1. The summed E-state index contributed by atoms with van der Waals surface area (Å²) in [6.07, 6.45) is 5.07. The zero-order chi connectivity index (χ0) is 16.4. The molecule has 2 aliphatic carbocycles. The van der Waals surface area contributed by atoms with Gasteiger partial charge in [-0.1, -0.05) is 43.0 Å². The first kappa shape index (κ1) is 16.3. The Hall–Kier alpha value is -1.55. The van der Waals surface area contributed by atoms with Gasteiger partial charge in [0.25, 0.3) is 0 Å². The highest BCUT2D eigenvalue weighted by Gasteiger charge is 2.46. The van der Waals surface area contributed by atoms with E-state index in [9.17, 15) is 14.7 Å². The molecule has 0 aromatic heterocycles. The molecule has 2 fully saturated rings. The Morgan fingerprint density at radius 3 is 2.65 bits per heavy atom. The third-order valence-corrected chi connectivity index (χ3v) is 5.50. The minimum absolute atomic E-state index is 0.0267. The van der Waals surface area contributed by atoms with E-state index in [0.717, 1.165) is 31.2 Å². The second-order valence-electron chi connectivity index (χ2n) is 6.87. The Morgan fingerprint density at radius 2 is 2.00 bits per heavy atom. The van der Waals surface area contributed by atoms with E-state index in [-0.39, 0.29) is 24.3 Å². The van der Waals surface area contributed by atoms with E-state index in [2.05, 4.69) is 5.32 Å². The molecule has 5 heteroatoms. The summed E-state index contributed by atoms with van der Waals surface area (Å²) in [5.41, 5.74) is 0.317. The molecule has 2 unspecified atom stereocenters. The summed E-state index contributed by atoms with van der Waals surface area (Å²) in [6.45, 7) is 0.250. The van der Waals surface area contributed by atoms with Crippen LogP contribution in [0, 0.1) is 11.3 Å². The Kier molecular flexibility index (Phi) is 4.62. The molecule has 4 nitrogen and oxygen atoms in total. The zero-order valence-corrected chi connectivity index (χ0v) is 13.8. The SMILES string of the molecule is O=C(NCC1(C(=O)O)CCCCC1)C1CC1c1cccc(Cl)c1. The fraction of sp³-hybridized carbons (Fsp3) is 0.556. The number of carbonyl (C=O) groups is 2. The van der Waals surface area contributed by atoms with Gasteiger partial charge in [-0.15, -0.1) is 0 Å². The lowest BCUT2D eigenvalue weighted by Crippen LogP contribution is -2.44. The number of carbonyl (C=O) groups excluding carboxylic acids is 1. The number of carboxylic acids is 1. The lowest BCUT2D eigenvalue weighted by Gasteiger charge is -2.33. The monoisotopic (exact) mass is 335 g/mol. The molecule has 124 valence electrons. The minimum atomic E-state index is -0.778. The van der Waals surface area contributed by atoms with Crippen LogP contribution in [-0.4, -0.2) is 23.5 Å². The van der Waals surface area contributed by atoms with E-state index < -0.39 is 11.4 Å². The van der Waals surface area contributed by atoms with Crippen LogP contribution in [0.5, 0.6) is 0 Å². The predicted octanol–water partition coefficient (Wildman–Crippen LogP) is 3.59. The van der Waals surface area contributed by atoms with Crippen molar-refractivity contribution in [3.05, 3.63) is 34.9 Å². The van der Waals surface area contributed by atoms with Crippen LogP contribution < -0.4 is 5.32 Å². The van der Waals surface area contributed by atoms with Gasteiger partial charge < -0.3 is 10.4 Å². The van der Waals surface area contributed by atoms with Crippen molar-refractivity contribution in [2.24, 2.45) is 11.3 Å². The summed E-state index contributed by atoms with van der Waals surface area (Å²) in [6, 6.07) is 7.61. The van der Waals surface area contributed by atoms with E-state index in [1.54, 1.807) is 0 Å². The van der Waals surface area contributed by atoms with Crippen LogP contribution in [0.4, 0.5) is 0 Å². The highest BCUT2D eigenvalue weighted by Crippen LogP contribution is 2.48. The van der Waals surface area contributed by atoms with Gasteiger partial charge in [0.1, 0.15) is 0 Å². The molecule has 0 radical (unpaired) electrons. The van der Waals surface area contributed by atoms with Crippen molar-refractivity contribution in [1.29, 1.82) is 0 Å². The Bertz CT molecular complexity index is 610. The highest BCUT2D eigenvalue weighted by molar-refractivity contribution is 6.30. The minimum Gasteiger partial charge on any atom is -0.481 e. The van der Waals surface area contributed by atoms with Gasteiger partial charge in [0.15, 0.2) is 0 Å². The zero-order valence-electron chi connectivity index (χ0n) is 13.1. The van der Waals surface area contributed by atoms with Crippen LogP contribution in [0.15, 0.2) is 24.3 Å². The third kappa shape index (κ3) is 3.52. The number of amides is 1. The van der Waals surface area contributed by atoms with Crippen molar-refractivity contribution in [3.8, 4) is 0 Å². The maximum atomic E-state index is 12.3. The smallest absolute Gasteiger partial charge is 0.311 e. The molecular formula is C18H22ClNO3. The summed E-state index contributed by atoms with van der Waals surface area (Å²) < 4.78 is 0. The van der Waals surface area contributed by atoms with E-state index in [0.29, 0.717) is 17.9 Å². The van der Waals surface area contributed by atoms with Crippen molar-refractivity contribution in [2.45, 2.75) is 44.4 Å². The van der Waals surface area contributed by atoms with E-state index in [1.165, 1.54) is 0 Å². The molecule has 0 spiro atoms. The van der Waals surface area contributed by atoms with Gasteiger partial charge >= 0.3 is 5.97 Å². The Labute approximate surface area is 141 Å². The molecule has 1 aromatic rings. The average molecular weight is 336 g/mol. The van der Waals surface area contributed by atoms with Crippen LogP contribution in [0.1, 0.15) is 50.0 Å². The molecule has 0 aliphatic heterocycles. The normalized spacial score (nSPS) is 25.6. The quantitative estimate of drug-likeness (QED) is 0.864. The Morgan fingerprint density at radius 1 is 1.26 bits per heavy atom. The fourth-order valence-corrected chi connectivity index (χ4v) is 3.87. The standard InChI is InChI=1S/C18H22ClNO3/c19-13-6-4-5-12(9-13)14-10-15(14)16(21)20-11-18(17(22)23)7-2-1-3-8-18/h4-6,9,14-15H,1-3,7-8,10-11H2,(H,20,21)(H,22,23). The number of carboxylic acid groups (broad SMARTS) is 1. The summed E-state index contributed by atoms with van der Waals surface area (Å²) in [7, 11) is 0. The molecule has 2 atom stereocenters. The molecular weight excluding hydrogens is 314 g/mol. The second kappa shape index (κ2) is 6.52. The lowest BCUT2D eigenvalue weighted by molar-refractivity contribution is -0.151. The van der Waals surface area contributed by atoms with Crippen molar-refractivity contribution in [2.75, 3.05) is 6.54 Å². The van der Waals surface area contributed by atoms with Gasteiger partial charge in [-0.3, -0.25) is 9.59 Å². The summed E-state index contributed by atoms with van der Waals surface area (Å²) in [5, 5.41) is 13.1. The number of benzene rings is 1. The molecule has 23 heavy (non-hydrogen) atoms. The molecule has 2 N–H and O–H groups in total. The summed E-state index contributed by atoms with van der Waals surface area (Å²) in [4.78, 5) is 24.0. The van der Waals surface area contributed by atoms with Crippen molar-refractivity contribution in [1.82, 2.24) is 5.32 Å². The number of hydrogen-bond acceptors (Lipinski definition) is 2. The maximum absolute atomic E-state index is 12.3. The van der Waals surface area contributed by atoms with Crippen molar-refractivity contribution in [3.63, 3.8) is 0 Å². The van der Waals surface area contributed by atoms with E-state index in [4.69, 9.17) is 11.6 Å².